The van der Waals surface area contributed by atoms with Gasteiger partial charge < -0.3 is 15.4 Å². The van der Waals surface area contributed by atoms with Gasteiger partial charge in [-0.15, -0.1) is 0 Å². The SMILES string of the molecule is O=C(NC(CO)c1ccc(F)c(Cl)c1)c1cc(-c2n[nH]c3ncc(-c4cccnc4)cc23)c[nH]1. The number of halogens is 2. The first-order valence-electron chi connectivity index (χ1n) is 10.3. The molecule has 34 heavy (non-hydrogen) atoms. The maximum atomic E-state index is 13.5. The zero-order valence-electron chi connectivity index (χ0n) is 17.6. The number of benzene rings is 1. The van der Waals surface area contributed by atoms with Crippen LogP contribution in [0.3, 0.4) is 0 Å². The van der Waals surface area contributed by atoms with Gasteiger partial charge in [0.15, 0.2) is 5.65 Å². The van der Waals surface area contributed by atoms with Crippen LogP contribution >= 0.6 is 11.6 Å². The molecule has 0 saturated heterocycles. The van der Waals surface area contributed by atoms with Gasteiger partial charge in [0.05, 0.1) is 17.7 Å². The van der Waals surface area contributed by atoms with E-state index in [1.165, 1.54) is 18.2 Å². The van der Waals surface area contributed by atoms with Crippen LogP contribution in [0, 0.1) is 5.82 Å². The van der Waals surface area contributed by atoms with E-state index in [9.17, 15) is 14.3 Å². The summed E-state index contributed by atoms with van der Waals surface area (Å²) in [5.41, 5.74) is 4.51. The molecule has 0 spiro atoms. The summed E-state index contributed by atoms with van der Waals surface area (Å²) >= 11 is 5.83. The Morgan fingerprint density at radius 2 is 2.03 bits per heavy atom. The maximum Gasteiger partial charge on any atom is 0.268 e. The van der Waals surface area contributed by atoms with Crippen LogP contribution in [0.15, 0.2) is 67.3 Å². The van der Waals surface area contributed by atoms with Crippen LogP contribution in [0.2, 0.25) is 5.02 Å². The van der Waals surface area contributed by atoms with Gasteiger partial charge in [0.1, 0.15) is 17.2 Å². The summed E-state index contributed by atoms with van der Waals surface area (Å²) in [6, 6.07) is 10.7. The molecule has 4 heterocycles. The van der Waals surface area contributed by atoms with Crippen molar-refractivity contribution in [3.8, 4) is 22.4 Å². The highest BCUT2D eigenvalue weighted by Crippen LogP contribution is 2.29. The number of aliphatic hydroxyl groups is 1. The number of amides is 1. The summed E-state index contributed by atoms with van der Waals surface area (Å²) in [5.74, 6) is -1.02. The predicted octanol–water partition coefficient (Wildman–Crippen LogP) is 4.27. The third-order valence-corrected chi connectivity index (χ3v) is 5.74. The Labute approximate surface area is 197 Å². The molecule has 5 rings (SSSR count). The molecule has 4 N–H and O–H groups in total. The summed E-state index contributed by atoms with van der Waals surface area (Å²) < 4.78 is 13.5. The number of carbonyl (C=O) groups excluding carboxylic acids is 1. The lowest BCUT2D eigenvalue weighted by Gasteiger charge is -2.16. The number of hydrogen-bond donors (Lipinski definition) is 4. The zero-order valence-corrected chi connectivity index (χ0v) is 18.3. The van der Waals surface area contributed by atoms with Crippen LogP contribution in [0.5, 0.6) is 0 Å². The molecular formula is C24H18ClFN6O2. The van der Waals surface area contributed by atoms with E-state index in [0.29, 0.717) is 22.5 Å². The molecule has 1 atom stereocenters. The average Bonchev–Trinajstić information content (AvgIpc) is 3.51. The van der Waals surface area contributed by atoms with Crippen LogP contribution in [0.4, 0.5) is 4.39 Å². The second-order valence-corrected chi connectivity index (χ2v) is 8.03. The lowest BCUT2D eigenvalue weighted by molar-refractivity contribution is 0.0911. The van der Waals surface area contributed by atoms with Crippen molar-refractivity contribution in [1.29, 1.82) is 0 Å². The molecule has 0 radical (unpaired) electrons. The van der Waals surface area contributed by atoms with Gasteiger partial charge in [0, 0.05) is 46.9 Å². The van der Waals surface area contributed by atoms with Gasteiger partial charge in [-0.25, -0.2) is 9.37 Å². The minimum absolute atomic E-state index is 0.0861. The normalized spacial score (nSPS) is 12.1. The van der Waals surface area contributed by atoms with Crippen molar-refractivity contribution in [3.05, 3.63) is 89.3 Å². The Hall–Kier alpha value is -4.08. The Balaban J connectivity index is 1.41. The Bertz CT molecular complexity index is 1480. The molecule has 0 fully saturated rings. The minimum Gasteiger partial charge on any atom is -0.394 e. The number of nitrogens with one attached hydrogen (secondary N) is 3. The fourth-order valence-corrected chi connectivity index (χ4v) is 3.87. The van der Waals surface area contributed by atoms with Gasteiger partial charge >= 0.3 is 0 Å². The smallest absolute Gasteiger partial charge is 0.268 e. The topological polar surface area (TPSA) is 120 Å². The largest absolute Gasteiger partial charge is 0.394 e. The lowest BCUT2D eigenvalue weighted by atomic mass is 10.1. The van der Waals surface area contributed by atoms with E-state index >= 15 is 0 Å². The van der Waals surface area contributed by atoms with Gasteiger partial charge in [0.25, 0.3) is 5.91 Å². The van der Waals surface area contributed by atoms with E-state index in [0.717, 1.165) is 16.5 Å². The fraction of sp³-hybridized carbons (Fsp3) is 0.0833. The van der Waals surface area contributed by atoms with Gasteiger partial charge in [-0.3, -0.25) is 14.9 Å². The summed E-state index contributed by atoms with van der Waals surface area (Å²) in [6.45, 7) is -0.381. The number of aromatic amines is 2. The van der Waals surface area contributed by atoms with E-state index in [-0.39, 0.29) is 17.3 Å². The third-order valence-electron chi connectivity index (χ3n) is 5.45. The molecule has 10 heteroatoms. The highest BCUT2D eigenvalue weighted by Gasteiger charge is 2.19. The van der Waals surface area contributed by atoms with Crippen molar-refractivity contribution >= 4 is 28.5 Å². The van der Waals surface area contributed by atoms with Gasteiger partial charge in [0.2, 0.25) is 0 Å². The molecule has 0 aliphatic carbocycles. The zero-order chi connectivity index (χ0) is 23.7. The van der Waals surface area contributed by atoms with E-state index < -0.39 is 17.8 Å². The molecule has 8 nitrogen and oxygen atoms in total. The van der Waals surface area contributed by atoms with Crippen molar-refractivity contribution in [1.82, 2.24) is 30.5 Å². The Morgan fingerprint density at radius 1 is 1.15 bits per heavy atom. The molecule has 4 aromatic heterocycles. The first-order chi connectivity index (χ1) is 16.5. The molecule has 0 aliphatic rings. The number of H-pyrrole nitrogens is 2. The highest BCUT2D eigenvalue weighted by atomic mass is 35.5. The number of aromatic nitrogens is 5. The molecule has 0 aliphatic heterocycles. The third kappa shape index (κ3) is 4.14. The molecule has 0 bridgehead atoms. The molecule has 1 unspecified atom stereocenters. The molecular weight excluding hydrogens is 459 g/mol. The second kappa shape index (κ2) is 9.05. The summed E-state index contributed by atoms with van der Waals surface area (Å²) in [4.78, 5) is 24.4. The lowest BCUT2D eigenvalue weighted by Crippen LogP contribution is -2.31. The number of fused-ring (bicyclic) bond motifs is 1. The van der Waals surface area contributed by atoms with Crippen molar-refractivity contribution < 1.29 is 14.3 Å². The van der Waals surface area contributed by atoms with E-state index in [4.69, 9.17) is 11.6 Å². The van der Waals surface area contributed by atoms with Gasteiger partial charge in [-0.1, -0.05) is 23.7 Å². The first kappa shape index (κ1) is 21.7. The molecule has 1 aromatic carbocycles. The first-order valence-corrected chi connectivity index (χ1v) is 10.7. The second-order valence-electron chi connectivity index (χ2n) is 7.62. The van der Waals surface area contributed by atoms with Gasteiger partial charge in [-0.2, -0.15) is 5.10 Å². The monoisotopic (exact) mass is 476 g/mol. The molecule has 0 saturated carbocycles. The van der Waals surface area contributed by atoms with Crippen molar-refractivity contribution in [3.63, 3.8) is 0 Å². The van der Waals surface area contributed by atoms with Crippen LogP contribution in [-0.2, 0) is 0 Å². The number of pyridine rings is 2. The van der Waals surface area contributed by atoms with Crippen molar-refractivity contribution in [2.75, 3.05) is 6.61 Å². The Morgan fingerprint density at radius 3 is 2.79 bits per heavy atom. The number of aliphatic hydroxyl groups excluding tert-OH is 1. The molecule has 170 valence electrons. The molecule has 1 amide bonds. The van der Waals surface area contributed by atoms with Crippen molar-refractivity contribution in [2.24, 2.45) is 0 Å². The molecule has 5 aromatic rings. The number of nitrogens with zero attached hydrogens (tertiary/aromatic N) is 3. The van der Waals surface area contributed by atoms with Crippen LogP contribution in [0.25, 0.3) is 33.4 Å². The number of carbonyl (C=O) groups is 1. The van der Waals surface area contributed by atoms with E-state index in [2.05, 4.69) is 30.5 Å². The van der Waals surface area contributed by atoms with Crippen LogP contribution in [-0.4, -0.2) is 42.8 Å². The quantitative estimate of drug-likeness (QED) is 0.292. The standard InChI is InChI=1S/C24H18ClFN6O2/c25-18-7-13(3-4-19(18)26)21(12-33)30-24(34)20-8-16(11-28-20)22-17-6-15(10-29-23(17)32-31-22)14-2-1-5-27-9-14/h1-11,21,28,33H,12H2,(H,30,34)(H,29,31,32). The van der Waals surface area contributed by atoms with E-state index in [1.54, 1.807) is 30.9 Å². The van der Waals surface area contributed by atoms with Crippen LogP contribution < -0.4 is 5.32 Å². The van der Waals surface area contributed by atoms with Gasteiger partial charge in [-0.05, 0) is 35.9 Å². The number of rotatable bonds is 6. The summed E-state index contributed by atoms with van der Waals surface area (Å²) in [7, 11) is 0. The number of hydrogen-bond acceptors (Lipinski definition) is 5. The van der Waals surface area contributed by atoms with E-state index in [1.807, 2.05) is 18.2 Å². The highest BCUT2D eigenvalue weighted by molar-refractivity contribution is 6.30. The van der Waals surface area contributed by atoms with Crippen LogP contribution in [0.1, 0.15) is 22.1 Å². The Kier molecular flexibility index (Phi) is 5.79. The summed E-state index contributed by atoms with van der Waals surface area (Å²) in [5, 5.41) is 20.5. The summed E-state index contributed by atoms with van der Waals surface area (Å²) in [6.07, 6.45) is 6.88. The average molecular weight is 477 g/mol. The fourth-order valence-electron chi connectivity index (χ4n) is 3.68. The predicted molar refractivity (Wildman–Crippen MR) is 126 cm³/mol. The van der Waals surface area contributed by atoms with Crippen molar-refractivity contribution in [2.45, 2.75) is 6.04 Å². The minimum atomic E-state index is -0.755. The maximum absolute atomic E-state index is 13.5.